The molecule has 0 spiro atoms. The Balaban J connectivity index is 2.28. The summed E-state index contributed by atoms with van der Waals surface area (Å²) in [5.74, 6) is -0.300. The van der Waals surface area contributed by atoms with Crippen LogP contribution in [0.15, 0.2) is 42.5 Å². The number of phenolic OH excluding ortho intramolecular Hbond substituents is 1. The van der Waals surface area contributed by atoms with Crippen molar-refractivity contribution in [3.63, 3.8) is 0 Å². The van der Waals surface area contributed by atoms with E-state index >= 15 is 0 Å². The Morgan fingerprint density at radius 3 is 2.26 bits per heavy atom. The van der Waals surface area contributed by atoms with Crippen molar-refractivity contribution in [3.8, 4) is 23.0 Å². The van der Waals surface area contributed by atoms with Gasteiger partial charge in [-0.3, -0.25) is 9.59 Å². The van der Waals surface area contributed by atoms with Gasteiger partial charge >= 0.3 is 11.9 Å². The van der Waals surface area contributed by atoms with Crippen molar-refractivity contribution in [2.75, 3.05) is 7.11 Å². The summed E-state index contributed by atoms with van der Waals surface area (Å²) in [5, 5.41) is 20.3. The van der Waals surface area contributed by atoms with Crippen LogP contribution < -0.4 is 14.2 Å². The predicted octanol–water partition coefficient (Wildman–Crippen LogP) is 3.00. The molecule has 0 saturated heterocycles. The minimum Gasteiger partial charge on any atom is -0.507 e. The monoisotopic (exact) mass is 372 g/mol. The molecular weight excluding hydrogens is 352 g/mol. The van der Waals surface area contributed by atoms with Gasteiger partial charge in [-0.05, 0) is 24.3 Å². The van der Waals surface area contributed by atoms with Crippen molar-refractivity contribution < 1.29 is 34.0 Å². The second-order valence-electron chi connectivity index (χ2n) is 5.62. The van der Waals surface area contributed by atoms with E-state index in [2.05, 4.69) is 0 Å². The maximum Gasteiger partial charge on any atom is 0.308 e. The Morgan fingerprint density at radius 2 is 1.67 bits per heavy atom. The van der Waals surface area contributed by atoms with Gasteiger partial charge in [-0.25, -0.2) is 0 Å². The summed E-state index contributed by atoms with van der Waals surface area (Å²) < 4.78 is 15.1. The van der Waals surface area contributed by atoms with Crippen molar-refractivity contribution in [2.24, 2.45) is 0 Å². The number of carbonyl (C=O) groups excluding carboxylic acids is 2. The molecule has 2 rings (SSSR count). The molecule has 0 aliphatic heterocycles. The Hall–Kier alpha value is -3.32. The van der Waals surface area contributed by atoms with Crippen molar-refractivity contribution in [1.29, 1.82) is 0 Å². The number of hydrogen-bond donors (Lipinski definition) is 2. The molecule has 1 unspecified atom stereocenters. The van der Waals surface area contributed by atoms with Gasteiger partial charge in [0.15, 0.2) is 0 Å². The first-order valence-corrected chi connectivity index (χ1v) is 8.04. The van der Waals surface area contributed by atoms with Crippen LogP contribution in [0.3, 0.4) is 0 Å². The summed E-state index contributed by atoms with van der Waals surface area (Å²) in [6.07, 6.45) is 1.86. The average Bonchev–Trinajstić information content (AvgIpc) is 2.59. The lowest BCUT2D eigenvalue weighted by Gasteiger charge is -2.11. The van der Waals surface area contributed by atoms with Crippen LogP contribution in [-0.4, -0.2) is 29.3 Å². The van der Waals surface area contributed by atoms with Crippen LogP contribution in [0.4, 0.5) is 0 Å². The van der Waals surface area contributed by atoms with E-state index in [1.807, 2.05) is 0 Å². The molecule has 0 bridgehead atoms. The normalized spacial score (nSPS) is 11.9. The van der Waals surface area contributed by atoms with Crippen LogP contribution in [0, 0.1) is 0 Å². The molecule has 0 amide bonds. The zero-order chi connectivity index (χ0) is 20.0. The first-order chi connectivity index (χ1) is 12.8. The van der Waals surface area contributed by atoms with Gasteiger partial charge in [0.2, 0.25) is 0 Å². The number of hydrogen-bond acceptors (Lipinski definition) is 7. The smallest absolute Gasteiger partial charge is 0.308 e. The van der Waals surface area contributed by atoms with E-state index < -0.39 is 18.0 Å². The second-order valence-corrected chi connectivity index (χ2v) is 5.62. The predicted molar refractivity (Wildman–Crippen MR) is 97.7 cm³/mol. The van der Waals surface area contributed by atoms with Gasteiger partial charge < -0.3 is 24.4 Å². The van der Waals surface area contributed by atoms with Crippen molar-refractivity contribution in [1.82, 2.24) is 0 Å². The third-order valence-electron chi connectivity index (χ3n) is 3.51. The van der Waals surface area contributed by atoms with Gasteiger partial charge in [0, 0.05) is 37.1 Å². The van der Waals surface area contributed by atoms with E-state index in [1.165, 1.54) is 51.3 Å². The lowest BCUT2D eigenvalue weighted by atomic mass is 10.1. The molecule has 142 valence electrons. The average molecular weight is 372 g/mol. The third kappa shape index (κ3) is 5.58. The minimum atomic E-state index is -1.10. The maximum absolute atomic E-state index is 11.3. The zero-order valence-electron chi connectivity index (χ0n) is 15.1. The number of aliphatic hydroxyl groups excluding tert-OH is 1. The Labute approximate surface area is 156 Å². The molecule has 0 fully saturated rings. The number of aromatic hydroxyl groups is 1. The van der Waals surface area contributed by atoms with Crippen LogP contribution >= 0.6 is 0 Å². The Kier molecular flexibility index (Phi) is 6.56. The highest BCUT2D eigenvalue weighted by Gasteiger charge is 2.12. The fourth-order valence-electron chi connectivity index (χ4n) is 2.32. The van der Waals surface area contributed by atoms with E-state index in [0.717, 1.165) is 0 Å². The van der Waals surface area contributed by atoms with E-state index in [9.17, 15) is 19.8 Å². The molecular formula is C20H20O7. The van der Waals surface area contributed by atoms with Crippen molar-refractivity contribution in [2.45, 2.75) is 20.0 Å². The number of rotatable bonds is 6. The Morgan fingerprint density at radius 1 is 1.00 bits per heavy atom. The molecule has 0 aliphatic carbocycles. The number of methoxy groups -OCH3 is 1. The molecule has 2 aromatic rings. The molecule has 0 aromatic heterocycles. The summed E-state index contributed by atoms with van der Waals surface area (Å²) >= 11 is 0. The maximum atomic E-state index is 11.3. The van der Waals surface area contributed by atoms with E-state index in [4.69, 9.17) is 14.2 Å². The molecule has 2 N–H and O–H groups in total. The van der Waals surface area contributed by atoms with Crippen molar-refractivity contribution >= 4 is 18.0 Å². The summed E-state index contributed by atoms with van der Waals surface area (Å²) in [6, 6.07) is 9.06. The van der Waals surface area contributed by atoms with E-state index in [1.54, 1.807) is 18.2 Å². The number of carbonyl (C=O) groups is 2. The highest BCUT2D eigenvalue weighted by molar-refractivity contribution is 5.74. The van der Waals surface area contributed by atoms with Gasteiger partial charge in [-0.2, -0.15) is 0 Å². The molecule has 7 heteroatoms. The molecule has 0 aliphatic rings. The van der Waals surface area contributed by atoms with Crippen LogP contribution in [0.5, 0.6) is 23.0 Å². The van der Waals surface area contributed by atoms with Crippen LogP contribution in [0.1, 0.15) is 31.1 Å². The fraction of sp³-hybridized carbons (Fsp3) is 0.200. The van der Waals surface area contributed by atoms with Crippen LogP contribution in [0.2, 0.25) is 0 Å². The van der Waals surface area contributed by atoms with Gasteiger partial charge in [0.05, 0.1) is 7.11 Å². The molecule has 2 aromatic carbocycles. The third-order valence-corrected chi connectivity index (χ3v) is 3.51. The summed E-state index contributed by atoms with van der Waals surface area (Å²) in [5.41, 5.74) is 0.769. The lowest BCUT2D eigenvalue weighted by molar-refractivity contribution is -0.132. The van der Waals surface area contributed by atoms with Crippen LogP contribution in [0.25, 0.3) is 6.08 Å². The Bertz CT molecular complexity index is 871. The number of ether oxygens (including phenoxy) is 3. The summed E-state index contributed by atoms with van der Waals surface area (Å²) in [4.78, 5) is 22.4. The van der Waals surface area contributed by atoms with E-state index in [-0.39, 0.29) is 22.8 Å². The standard InChI is InChI=1S/C20H20O7/c1-12(21)26-16-6-4-14(20(11-16)27-13(2)22)5-9-18(23)17-8-7-15(25-3)10-19(17)24/h4-11,18,23-24H,1-3H3. The number of aliphatic hydroxyl groups is 1. The molecule has 0 saturated carbocycles. The summed E-state index contributed by atoms with van der Waals surface area (Å²) in [6.45, 7) is 2.51. The lowest BCUT2D eigenvalue weighted by Crippen LogP contribution is -2.05. The van der Waals surface area contributed by atoms with Crippen LogP contribution in [-0.2, 0) is 9.59 Å². The van der Waals surface area contributed by atoms with Crippen molar-refractivity contribution in [3.05, 3.63) is 53.6 Å². The van der Waals surface area contributed by atoms with Gasteiger partial charge in [0.25, 0.3) is 0 Å². The first-order valence-electron chi connectivity index (χ1n) is 8.04. The highest BCUT2D eigenvalue weighted by Crippen LogP contribution is 2.31. The molecule has 0 heterocycles. The fourth-order valence-corrected chi connectivity index (χ4v) is 2.32. The molecule has 0 radical (unpaired) electrons. The molecule has 1 atom stereocenters. The molecule has 27 heavy (non-hydrogen) atoms. The molecule has 7 nitrogen and oxygen atoms in total. The first kappa shape index (κ1) is 20.0. The number of esters is 2. The second kappa shape index (κ2) is 8.86. The van der Waals surface area contributed by atoms with Gasteiger partial charge in [-0.15, -0.1) is 0 Å². The topological polar surface area (TPSA) is 102 Å². The number of phenols is 1. The minimum absolute atomic E-state index is 0.114. The van der Waals surface area contributed by atoms with Gasteiger partial charge in [-0.1, -0.05) is 12.2 Å². The largest absolute Gasteiger partial charge is 0.507 e. The van der Waals surface area contributed by atoms with Gasteiger partial charge in [0.1, 0.15) is 29.1 Å². The SMILES string of the molecule is COc1ccc(C(O)C=Cc2ccc(OC(C)=O)cc2OC(C)=O)c(O)c1. The highest BCUT2D eigenvalue weighted by atomic mass is 16.5. The quantitative estimate of drug-likeness (QED) is 0.593. The zero-order valence-corrected chi connectivity index (χ0v) is 15.1. The summed E-state index contributed by atoms with van der Waals surface area (Å²) in [7, 11) is 1.47. The number of benzene rings is 2. The van der Waals surface area contributed by atoms with E-state index in [0.29, 0.717) is 11.3 Å².